The first-order valence-corrected chi connectivity index (χ1v) is 9.05. The second-order valence-corrected chi connectivity index (χ2v) is 7.11. The Morgan fingerprint density at radius 2 is 2.26 bits per heavy atom. The summed E-state index contributed by atoms with van der Waals surface area (Å²) in [6, 6.07) is 11.4. The number of methoxy groups -OCH3 is 1. The van der Waals surface area contributed by atoms with Gasteiger partial charge in [-0.05, 0) is 49.1 Å². The number of benzene rings is 1. The van der Waals surface area contributed by atoms with Crippen LogP contribution in [0.5, 0.6) is 5.75 Å². The van der Waals surface area contributed by atoms with Crippen LogP contribution in [0.3, 0.4) is 0 Å². The summed E-state index contributed by atoms with van der Waals surface area (Å²) in [7, 11) is 1.62. The van der Waals surface area contributed by atoms with E-state index in [1.165, 1.54) is 0 Å². The first-order valence-electron chi connectivity index (χ1n) is 9.05. The Labute approximate surface area is 157 Å². The number of carboxylic acid groups (broad SMARTS) is 1. The van der Waals surface area contributed by atoms with Crippen LogP contribution in [0.15, 0.2) is 53.3 Å². The van der Waals surface area contributed by atoms with Crippen molar-refractivity contribution < 1.29 is 19.1 Å². The van der Waals surface area contributed by atoms with E-state index >= 15 is 0 Å². The topological polar surface area (TPSA) is 75.8 Å². The SMILES string of the molecule is COc1cccc(C[C@]2(C(=O)O)CCCN(c3nccc4occc34)C2)c1. The highest BCUT2D eigenvalue weighted by atomic mass is 16.5. The van der Waals surface area contributed by atoms with Crippen molar-refractivity contribution in [2.75, 3.05) is 25.1 Å². The van der Waals surface area contributed by atoms with Crippen molar-refractivity contribution in [3.05, 3.63) is 54.4 Å². The molecule has 4 rings (SSSR count). The number of aromatic nitrogens is 1. The van der Waals surface area contributed by atoms with Gasteiger partial charge in [0, 0.05) is 19.3 Å². The average molecular weight is 366 g/mol. The van der Waals surface area contributed by atoms with Crippen molar-refractivity contribution >= 4 is 22.8 Å². The molecule has 1 aliphatic rings. The molecule has 2 aromatic heterocycles. The third-order valence-corrected chi connectivity index (χ3v) is 5.37. The van der Waals surface area contributed by atoms with E-state index in [0.29, 0.717) is 19.4 Å². The van der Waals surface area contributed by atoms with Crippen LogP contribution in [0.2, 0.25) is 0 Å². The molecule has 3 aromatic rings. The van der Waals surface area contributed by atoms with Crippen LogP contribution in [-0.4, -0.2) is 36.3 Å². The lowest BCUT2D eigenvalue weighted by Gasteiger charge is -2.40. The molecule has 1 N–H and O–H groups in total. The summed E-state index contributed by atoms with van der Waals surface area (Å²) in [5.74, 6) is 0.761. The molecular formula is C21H22N2O4. The highest BCUT2D eigenvalue weighted by Crippen LogP contribution is 2.38. The minimum Gasteiger partial charge on any atom is -0.497 e. The Balaban J connectivity index is 1.66. The van der Waals surface area contributed by atoms with E-state index in [1.54, 1.807) is 19.6 Å². The Morgan fingerprint density at radius 3 is 3.07 bits per heavy atom. The summed E-state index contributed by atoms with van der Waals surface area (Å²) < 4.78 is 10.8. The summed E-state index contributed by atoms with van der Waals surface area (Å²) in [5.41, 5.74) is 0.866. The molecule has 0 aliphatic carbocycles. The van der Waals surface area contributed by atoms with Crippen LogP contribution in [0.25, 0.3) is 11.0 Å². The maximum absolute atomic E-state index is 12.3. The predicted molar refractivity (Wildman–Crippen MR) is 102 cm³/mol. The van der Waals surface area contributed by atoms with Gasteiger partial charge in [-0.1, -0.05) is 12.1 Å². The molecule has 6 nitrogen and oxygen atoms in total. The lowest BCUT2D eigenvalue weighted by atomic mass is 9.75. The second kappa shape index (κ2) is 6.95. The van der Waals surface area contributed by atoms with Crippen LogP contribution in [0.1, 0.15) is 18.4 Å². The number of rotatable bonds is 5. The van der Waals surface area contributed by atoms with Crippen molar-refractivity contribution in [2.45, 2.75) is 19.3 Å². The standard InChI is InChI=1S/C21H22N2O4/c1-26-16-5-2-4-15(12-16)13-21(20(24)25)8-3-10-23(14-21)19-17-7-11-27-18(17)6-9-22-19/h2,4-7,9,11-12H,3,8,10,13-14H2,1H3,(H,24,25)/t21-/m1/s1. The minimum absolute atomic E-state index is 0.414. The number of carbonyl (C=O) groups is 1. The first-order chi connectivity index (χ1) is 13.1. The number of anilines is 1. The van der Waals surface area contributed by atoms with E-state index in [2.05, 4.69) is 9.88 Å². The zero-order valence-electron chi connectivity index (χ0n) is 15.2. The smallest absolute Gasteiger partial charge is 0.311 e. The molecule has 0 bridgehead atoms. The van der Waals surface area contributed by atoms with E-state index in [4.69, 9.17) is 9.15 Å². The van der Waals surface area contributed by atoms with Gasteiger partial charge in [-0.25, -0.2) is 4.98 Å². The van der Waals surface area contributed by atoms with Crippen LogP contribution in [-0.2, 0) is 11.2 Å². The molecule has 1 atom stereocenters. The van der Waals surface area contributed by atoms with Gasteiger partial charge < -0.3 is 19.2 Å². The second-order valence-electron chi connectivity index (χ2n) is 7.11. The van der Waals surface area contributed by atoms with Crippen LogP contribution >= 0.6 is 0 Å². The third kappa shape index (κ3) is 3.23. The molecule has 0 amide bonds. The largest absolute Gasteiger partial charge is 0.497 e. The molecular weight excluding hydrogens is 344 g/mol. The zero-order chi connectivity index (χ0) is 18.9. The quantitative estimate of drug-likeness (QED) is 0.741. The molecule has 0 saturated carbocycles. The number of carboxylic acids is 1. The zero-order valence-corrected chi connectivity index (χ0v) is 15.2. The molecule has 0 radical (unpaired) electrons. The summed E-state index contributed by atoms with van der Waals surface area (Å²) in [6.07, 6.45) is 5.24. The highest BCUT2D eigenvalue weighted by molar-refractivity contribution is 5.89. The average Bonchev–Trinajstić information content (AvgIpc) is 3.17. The van der Waals surface area contributed by atoms with Gasteiger partial charge >= 0.3 is 5.97 Å². The fraction of sp³-hybridized carbons (Fsp3) is 0.333. The fourth-order valence-corrected chi connectivity index (χ4v) is 4.01. The first kappa shape index (κ1) is 17.4. The maximum atomic E-state index is 12.3. The third-order valence-electron chi connectivity index (χ3n) is 5.37. The fourth-order valence-electron chi connectivity index (χ4n) is 4.01. The lowest BCUT2D eigenvalue weighted by Crippen LogP contribution is -2.49. The van der Waals surface area contributed by atoms with E-state index in [9.17, 15) is 9.90 Å². The van der Waals surface area contributed by atoms with Crippen LogP contribution in [0.4, 0.5) is 5.82 Å². The van der Waals surface area contributed by atoms with Crippen LogP contribution < -0.4 is 9.64 Å². The van der Waals surface area contributed by atoms with Gasteiger partial charge in [0.25, 0.3) is 0 Å². The molecule has 1 saturated heterocycles. The summed E-state index contributed by atoms with van der Waals surface area (Å²) >= 11 is 0. The number of hydrogen-bond acceptors (Lipinski definition) is 5. The summed E-state index contributed by atoms with van der Waals surface area (Å²) in [5, 5.41) is 11.0. The summed E-state index contributed by atoms with van der Waals surface area (Å²) in [6.45, 7) is 1.20. The van der Waals surface area contributed by atoms with Gasteiger partial charge in [0.2, 0.25) is 0 Å². The number of nitrogens with zero attached hydrogens (tertiary/aromatic N) is 2. The Hall–Kier alpha value is -3.02. The molecule has 1 aromatic carbocycles. The Bertz CT molecular complexity index is 967. The van der Waals surface area contributed by atoms with Gasteiger partial charge in [-0.3, -0.25) is 4.79 Å². The number of piperidine rings is 1. The van der Waals surface area contributed by atoms with Crippen molar-refractivity contribution in [3.8, 4) is 5.75 Å². The number of hydrogen-bond donors (Lipinski definition) is 1. The number of aliphatic carboxylic acids is 1. The van der Waals surface area contributed by atoms with E-state index < -0.39 is 11.4 Å². The van der Waals surface area contributed by atoms with Gasteiger partial charge in [0.05, 0.1) is 24.2 Å². The monoisotopic (exact) mass is 366 g/mol. The van der Waals surface area contributed by atoms with Gasteiger partial charge in [-0.2, -0.15) is 0 Å². The molecule has 1 fully saturated rings. The minimum atomic E-state index is -0.863. The van der Waals surface area contributed by atoms with Gasteiger partial charge in [-0.15, -0.1) is 0 Å². The molecule has 140 valence electrons. The van der Waals surface area contributed by atoms with Crippen molar-refractivity contribution in [1.82, 2.24) is 4.98 Å². The molecule has 27 heavy (non-hydrogen) atoms. The number of ether oxygens (including phenoxy) is 1. The van der Waals surface area contributed by atoms with Crippen LogP contribution in [0, 0.1) is 5.41 Å². The summed E-state index contributed by atoms with van der Waals surface area (Å²) in [4.78, 5) is 18.9. The van der Waals surface area contributed by atoms with E-state index in [0.717, 1.165) is 41.1 Å². The van der Waals surface area contributed by atoms with Crippen molar-refractivity contribution in [3.63, 3.8) is 0 Å². The normalized spacial score (nSPS) is 20.0. The molecule has 1 aliphatic heterocycles. The Kier molecular flexibility index (Phi) is 4.48. The highest BCUT2D eigenvalue weighted by Gasteiger charge is 2.43. The molecule has 3 heterocycles. The maximum Gasteiger partial charge on any atom is 0.311 e. The van der Waals surface area contributed by atoms with Gasteiger partial charge in [0.1, 0.15) is 17.2 Å². The Morgan fingerprint density at radius 1 is 1.37 bits per heavy atom. The molecule has 0 unspecified atom stereocenters. The number of pyridine rings is 1. The van der Waals surface area contributed by atoms with Crippen molar-refractivity contribution in [2.24, 2.45) is 5.41 Å². The molecule has 6 heteroatoms. The lowest BCUT2D eigenvalue weighted by molar-refractivity contribution is -0.149. The van der Waals surface area contributed by atoms with Gasteiger partial charge in [0.15, 0.2) is 0 Å². The number of furan rings is 1. The molecule has 0 spiro atoms. The predicted octanol–water partition coefficient (Wildman–Crippen LogP) is 3.75. The number of fused-ring (bicyclic) bond motifs is 1. The van der Waals surface area contributed by atoms with E-state index in [-0.39, 0.29) is 0 Å². The van der Waals surface area contributed by atoms with E-state index in [1.807, 2.05) is 36.4 Å². The van der Waals surface area contributed by atoms with Crippen molar-refractivity contribution in [1.29, 1.82) is 0 Å².